The predicted octanol–water partition coefficient (Wildman–Crippen LogP) is 3.82. The molecule has 0 saturated heterocycles. The molecule has 0 aliphatic heterocycles. The summed E-state index contributed by atoms with van der Waals surface area (Å²) in [6.07, 6.45) is 0. The number of carbonyl (C=O) groups is 1. The Morgan fingerprint density at radius 3 is 2.29 bits per heavy atom. The van der Waals surface area contributed by atoms with Gasteiger partial charge in [-0.1, -0.05) is 24.3 Å². The van der Waals surface area contributed by atoms with E-state index in [2.05, 4.69) is 5.32 Å². The van der Waals surface area contributed by atoms with Crippen molar-refractivity contribution in [1.29, 1.82) is 0 Å². The van der Waals surface area contributed by atoms with Gasteiger partial charge in [-0.25, -0.2) is 4.39 Å². The highest BCUT2D eigenvalue weighted by atomic mass is 35.5. The summed E-state index contributed by atoms with van der Waals surface area (Å²) >= 11 is 0. The first kappa shape index (κ1) is 20.1. The van der Waals surface area contributed by atoms with Crippen LogP contribution in [0.15, 0.2) is 36.4 Å². The molecule has 0 aliphatic carbocycles. The van der Waals surface area contributed by atoms with Crippen LogP contribution in [0.4, 0.5) is 4.39 Å². The molecule has 5 heteroatoms. The number of nitrogens with one attached hydrogen (secondary N) is 1. The van der Waals surface area contributed by atoms with E-state index in [9.17, 15) is 9.18 Å². The Labute approximate surface area is 149 Å². The molecule has 1 N–H and O–H groups in total. The van der Waals surface area contributed by atoms with Gasteiger partial charge in [-0.3, -0.25) is 4.79 Å². The summed E-state index contributed by atoms with van der Waals surface area (Å²) in [5.41, 5.74) is 4.20. The molecule has 0 radical (unpaired) electrons. The van der Waals surface area contributed by atoms with Crippen LogP contribution in [0.1, 0.15) is 21.5 Å². The Balaban J connectivity index is 0.00000288. The van der Waals surface area contributed by atoms with Crippen LogP contribution in [0.5, 0.6) is 0 Å². The van der Waals surface area contributed by atoms with E-state index >= 15 is 0 Å². The summed E-state index contributed by atoms with van der Waals surface area (Å²) in [6.45, 7) is 5.28. The van der Waals surface area contributed by atoms with Crippen LogP contribution in [0, 0.1) is 19.7 Å². The van der Waals surface area contributed by atoms with E-state index < -0.39 is 5.82 Å². The summed E-state index contributed by atoms with van der Waals surface area (Å²) in [4.78, 5) is 13.8. The first-order valence-corrected chi connectivity index (χ1v) is 7.71. The van der Waals surface area contributed by atoms with Gasteiger partial charge in [-0.05, 0) is 55.3 Å². The van der Waals surface area contributed by atoms with Crippen LogP contribution < -0.4 is 5.32 Å². The van der Waals surface area contributed by atoms with Gasteiger partial charge >= 0.3 is 0 Å². The molecule has 24 heavy (non-hydrogen) atoms. The van der Waals surface area contributed by atoms with E-state index in [1.165, 1.54) is 16.5 Å². The standard InChI is InChI=1S/C19H23FN2O.ClH/c1-13-5-6-15(11-14(13)2)16-7-8-17(18(20)12-16)19(23)22(4)10-9-21-3;/h5-8,11-12,21H,9-10H2,1-4H3;1H. The lowest BCUT2D eigenvalue weighted by atomic mass is 9.99. The molecule has 130 valence electrons. The topological polar surface area (TPSA) is 32.3 Å². The largest absolute Gasteiger partial charge is 0.340 e. The zero-order chi connectivity index (χ0) is 17.0. The lowest BCUT2D eigenvalue weighted by Gasteiger charge is -2.17. The van der Waals surface area contributed by atoms with Crippen LogP contribution in [-0.4, -0.2) is 38.0 Å². The third-order valence-corrected chi connectivity index (χ3v) is 4.08. The Morgan fingerprint density at radius 1 is 1.08 bits per heavy atom. The quantitative estimate of drug-likeness (QED) is 0.889. The van der Waals surface area contributed by atoms with Crippen molar-refractivity contribution in [3.63, 3.8) is 0 Å². The Hall–Kier alpha value is -1.91. The number of rotatable bonds is 5. The minimum Gasteiger partial charge on any atom is -0.340 e. The molecule has 0 atom stereocenters. The van der Waals surface area contributed by atoms with Crippen molar-refractivity contribution in [3.05, 3.63) is 58.9 Å². The van der Waals surface area contributed by atoms with Crippen LogP contribution in [0.2, 0.25) is 0 Å². The molecule has 2 rings (SSSR count). The first-order valence-electron chi connectivity index (χ1n) is 7.71. The highest BCUT2D eigenvalue weighted by Gasteiger charge is 2.16. The molecule has 0 heterocycles. The van der Waals surface area contributed by atoms with Gasteiger partial charge < -0.3 is 10.2 Å². The number of likely N-dealkylation sites (N-methyl/N-ethyl adjacent to an activating group) is 2. The first-order chi connectivity index (χ1) is 10.9. The number of hydrogen-bond acceptors (Lipinski definition) is 2. The Bertz CT molecular complexity index is 719. The fourth-order valence-electron chi connectivity index (χ4n) is 2.38. The molecule has 0 unspecified atom stereocenters. The summed E-state index contributed by atoms with van der Waals surface area (Å²) in [7, 11) is 3.49. The van der Waals surface area contributed by atoms with Gasteiger partial charge in [0.05, 0.1) is 5.56 Å². The SMILES string of the molecule is CNCCN(C)C(=O)c1ccc(-c2ccc(C)c(C)c2)cc1F.Cl. The second-order valence-corrected chi connectivity index (χ2v) is 5.82. The van der Waals surface area contributed by atoms with Crippen molar-refractivity contribution >= 4 is 18.3 Å². The van der Waals surface area contributed by atoms with Crippen molar-refractivity contribution in [2.45, 2.75) is 13.8 Å². The fourth-order valence-corrected chi connectivity index (χ4v) is 2.38. The molecular formula is C19H24ClFN2O. The van der Waals surface area contributed by atoms with Gasteiger partial charge in [0, 0.05) is 20.1 Å². The van der Waals surface area contributed by atoms with Gasteiger partial charge in [0.25, 0.3) is 5.91 Å². The second-order valence-electron chi connectivity index (χ2n) is 5.82. The van der Waals surface area contributed by atoms with E-state index in [-0.39, 0.29) is 23.9 Å². The zero-order valence-electron chi connectivity index (χ0n) is 14.5. The average molecular weight is 351 g/mol. The minimum atomic E-state index is -0.484. The number of benzene rings is 2. The smallest absolute Gasteiger partial charge is 0.256 e. The molecule has 0 spiro atoms. The fraction of sp³-hybridized carbons (Fsp3) is 0.316. The zero-order valence-corrected chi connectivity index (χ0v) is 15.3. The summed E-state index contributed by atoms with van der Waals surface area (Å²) in [5.74, 6) is -0.786. The molecular weight excluding hydrogens is 327 g/mol. The Morgan fingerprint density at radius 2 is 1.71 bits per heavy atom. The van der Waals surface area contributed by atoms with E-state index in [4.69, 9.17) is 0 Å². The van der Waals surface area contributed by atoms with Gasteiger partial charge in [0.1, 0.15) is 5.82 Å². The van der Waals surface area contributed by atoms with Crippen molar-refractivity contribution in [2.75, 3.05) is 27.2 Å². The highest BCUT2D eigenvalue weighted by molar-refractivity contribution is 5.94. The van der Waals surface area contributed by atoms with E-state index in [0.717, 1.165) is 16.7 Å². The third-order valence-electron chi connectivity index (χ3n) is 4.08. The number of aryl methyl sites for hydroxylation is 2. The predicted molar refractivity (Wildman–Crippen MR) is 99.4 cm³/mol. The third kappa shape index (κ3) is 4.56. The van der Waals surface area contributed by atoms with Crippen LogP contribution in [0.3, 0.4) is 0 Å². The van der Waals surface area contributed by atoms with Crippen molar-refractivity contribution in [1.82, 2.24) is 10.2 Å². The lowest BCUT2D eigenvalue weighted by Crippen LogP contribution is -2.33. The average Bonchev–Trinajstić information content (AvgIpc) is 2.54. The van der Waals surface area contributed by atoms with Crippen LogP contribution >= 0.6 is 12.4 Å². The monoisotopic (exact) mass is 350 g/mol. The molecule has 0 fully saturated rings. The van der Waals surface area contributed by atoms with Gasteiger partial charge in [-0.15, -0.1) is 12.4 Å². The Kier molecular flexibility index (Phi) is 7.39. The summed E-state index contributed by atoms with van der Waals surface area (Å²) in [6, 6.07) is 10.8. The van der Waals surface area contributed by atoms with E-state index in [1.807, 2.05) is 39.1 Å². The lowest BCUT2D eigenvalue weighted by molar-refractivity contribution is 0.0792. The van der Waals surface area contributed by atoms with Crippen LogP contribution in [0.25, 0.3) is 11.1 Å². The van der Waals surface area contributed by atoms with Gasteiger partial charge in [0.2, 0.25) is 0 Å². The summed E-state index contributed by atoms with van der Waals surface area (Å²) < 4.78 is 14.4. The van der Waals surface area contributed by atoms with Gasteiger partial charge in [0.15, 0.2) is 0 Å². The summed E-state index contributed by atoms with van der Waals surface area (Å²) in [5, 5.41) is 2.97. The maximum absolute atomic E-state index is 14.4. The molecule has 0 bridgehead atoms. The normalized spacial score (nSPS) is 10.2. The molecule has 0 aromatic heterocycles. The molecule has 2 aromatic carbocycles. The molecule has 0 aliphatic rings. The molecule has 1 amide bonds. The minimum absolute atomic E-state index is 0. The van der Waals surface area contributed by atoms with E-state index in [0.29, 0.717) is 13.1 Å². The van der Waals surface area contributed by atoms with Crippen molar-refractivity contribution < 1.29 is 9.18 Å². The van der Waals surface area contributed by atoms with E-state index in [1.54, 1.807) is 19.2 Å². The molecule has 0 saturated carbocycles. The number of hydrogen-bond donors (Lipinski definition) is 1. The number of nitrogens with zero attached hydrogens (tertiary/aromatic N) is 1. The maximum Gasteiger partial charge on any atom is 0.256 e. The highest BCUT2D eigenvalue weighted by Crippen LogP contribution is 2.24. The maximum atomic E-state index is 14.4. The number of carbonyl (C=O) groups excluding carboxylic acids is 1. The van der Waals surface area contributed by atoms with Gasteiger partial charge in [-0.2, -0.15) is 0 Å². The van der Waals surface area contributed by atoms with Crippen LogP contribution in [-0.2, 0) is 0 Å². The van der Waals surface area contributed by atoms with Crippen molar-refractivity contribution in [2.24, 2.45) is 0 Å². The molecule has 3 nitrogen and oxygen atoms in total. The van der Waals surface area contributed by atoms with Crippen molar-refractivity contribution in [3.8, 4) is 11.1 Å². The second kappa shape index (κ2) is 8.81. The number of amides is 1. The number of halogens is 2. The molecule has 2 aromatic rings.